The van der Waals surface area contributed by atoms with Crippen LogP contribution >= 0.6 is 11.8 Å². The Labute approximate surface area is 90.1 Å². The van der Waals surface area contributed by atoms with Crippen LogP contribution in [-0.4, -0.2) is 27.6 Å². The van der Waals surface area contributed by atoms with Gasteiger partial charge in [0.1, 0.15) is 0 Å². The van der Waals surface area contributed by atoms with Gasteiger partial charge in [-0.3, -0.25) is 0 Å². The number of imidazole rings is 1. The molecule has 3 nitrogen and oxygen atoms in total. The first-order chi connectivity index (χ1) is 6.86. The number of aryl methyl sites for hydroxylation is 1. The predicted octanol–water partition coefficient (Wildman–Crippen LogP) is 1.53. The zero-order valence-electron chi connectivity index (χ0n) is 8.78. The fraction of sp³-hybridized carbons (Fsp3) is 0.700. The summed E-state index contributed by atoms with van der Waals surface area (Å²) in [7, 11) is 0. The molecule has 0 saturated carbocycles. The highest BCUT2D eigenvalue weighted by Gasteiger charge is 1.97. The maximum Gasteiger partial charge on any atom is 0.0949 e. The molecule has 80 valence electrons. The molecule has 0 aliphatic rings. The van der Waals surface area contributed by atoms with Crippen LogP contribution in [0.3, 0.4) is 0 Å². The molecule has 0 aromatic carbocycles. The van der Waals surface area contributed by atoms with Gasteiger partial charge in [-0.1, -0.05) is 6.92 Å². The Morgan fingerprint density at radius 1 is 1.57 bits per heavy atom. The Morgan fingerprint density at radius 3 is 3.14 bits per heavy atom. The molecule has 4 heteroatoms. The second-order valence-electron chi connectivity index (χ2n) is 3.19. The van der Waals surface area contributed by atoms with Gasteiger partial charge in [0.15, 0.2) is 0 Å². The Hall–Kier alpha value is -0.480. The van der Waals surface area contributed by atoms with E-state index in [-0.39, 0.29) is 0 Å². The maximum atomic E-state index is 5.46. The third-order valence-electron chi connectivity index (χ3n) is 2.00. The van der Waals surface area contributed by atoms with E-state index in [2.05, 4.69) is 22.7 Å². The minimum absolute atomic E-state index is 0.683. The van der Waals surface area contributed by atoms with Crippen molar-refractivity contribution >= 4 is 11.8 Å². The molecule has 1 rings (SSSR count). The molecule has 1 aromatic heterocycles. The van der Waals surface area contributed by atoms with Gasteiger partial charge in [-0.05, 0) is 24.5 Å². The molecule has 0 bridgehead atoms. The number of nitrogens with two attached hydrogens (primary N) is 1. The first-order valence-electron chi connectivity index (χ1n) is 5.15. The molecule has 0 spiro atoms. The fourth-order valence-electron chi connectivity index (χ4n) is 1.30. The monoisotopic (exact) mass is 213 g/mol. The van der Waals surface area contributed by atoms with Crippen molar-refractivity contribution in [1.82, 2.24) is 9.55 Å². The smallest absolute Gasteiger partial charge is 0.0949 e. The second-order valence-corrected chi connectivity index (χ2v) is 4.59. The van der Waals surface area contributed by atoms with E-state index in [9.17, 15) is 0 Å². The summed E-state index contributed by atoms with van der Waals surface area (Å²) in [6.07, 6.45) is 6.11. The molecule has 0 amide bonds. The van der Waals surface area contributed by atoms with Gasteiger partial charge in [0.25, 0.3) is 0 Å². The van der Waals surface area contributed by atoms with Crippen LogP contribution < -0.4 is 5.73 Å². The van der Waals surface area contributed by atoms with Crippen LogP contribution in [0.2, 0.25) is 0 Å². The van der Waals surface area contributed by atoms with Crippen molar-refractivity contribution in [2.24, 2.45) is 5.73 Å². The summed E-state index contributed by atoms with van der Waals surface area (Å²) in [6, 6.07) is 0. The van der Waals surface area contributed by atoms with E-state index in [4.69, 9.17) is 5.73 Å². The van der Waals surface area contributed by atoms with Gasteiger partial charge in [0.05, 0.1) is 12.0 Å². The fourth-order valence-corrected chi connectivity index (χ4v) is 1.92. The van der Waals surface area contributed by atoms with Gasteiger partial charge in [-0.2, -0.15) is 11.8 Å². The Balaban J connectivity index is 2.22. The highest BCUT2D eigenvalue weighted by molar-refractivity contribution is 7.99. The molecule has 0 aliphatic carbocycles. The zero-order valence-corrected chi connectivity index (χ0v) is 9.59. The normalized spacial score (nSPS) is 10.7. The first-order valence-corrected chi connectivity index (χ1v) is 6.30. The van der Waals surface area contributed by atoms with E-state index in [0.29, 0.717) is 6.54 Å². The van der Waals surface area contributed by atoms with Crippen LogP contribution in [-0.2, 0) is 13.0 Å². The first kappa shape index (κ1) is 11.6. The molecule has 0 radical (unpaired) electrons. The van der Waals surface area contributed by atoms with Crippen LogP contribution in [0.15, 0.2) is 12.5 Å². The Morgan fingerprint density at radius 2 is 2.43 bits per heavy atom. The molecule has 1 aromatic rings. The lowest BCUT2D eigenvalue weighted by atomic mass is 10.3. The minimum Gasteiger partial charge on any atom is -0.337 e. The predicted molar refractivity (Wildman–Crippen MR) is 62.6 cm³/mol. The molecule has 0 aliphatic heterocycles. The summed E-state index contributed by atoms with van der Waals surface area (Å²) in [6.45, 7) is 3.95. The lowest BCUT2D eigenvalue weighted by Gasteiger charge is -2.00. The molecular formula is C10H19N3S. The van der Waals surface area contributed by atoms with Crippen molar-refractivity contribution in [1.29, 1.82) is 0 Å². The van der Waals surface area contributed by atoms with E-state index in [0.717, 1.165) is 18.7 Å². The summed E-state index contributed by atoms with van der Waals surface area (Å²) in [5, 5.41) is 0. The highest BCUT2D eigenvalue weighted by Crippen LogP contribution is 2.03. The van der Waals surface area contributed by atoms with Crippen molar-refractivity contribution in [2.45, 2.75) is 26.3 Å². The Bertz CT molecular complexity index is 247. The SMILES string of the molecule is CCSCCCn1cnc(CCN)c1. The van der Waals surface area contributed by atoms with Crippen LogP contribution in [0, 0.1) is 0 Å². The molecule has 2 N–H and O–H groups in total. The molecule has 0 unspecified atom stereocenters. The van der Waals surface area contributed by atoms with Crippen molar-refractivity contribution in [3.05, 3.63) is 18.2 Å². The third kappa shape index (κ3) is 4.15. The summed E-state index contributed by atoms with van der Waals surface area (Å²) in [4.78, 5) is 4.28. The number of rotatable bonds is 7. The molecule has 0 saturated heterocycles. The topological polar surface area (TPSA) is 43.8 Å². The van der Waals surface area contributed by atoms with Gasteiger partial charge in [-0.15, -0.1) is 0 Å². The van der Waals surface area contributed by atoms with Crippen LogP contribution in [0.5, 0.6) is 0 Å². The van der Waals surface area contributed by atoms with Gasteiger partial charge < -0.3 is 10.3 Å². The zero-order chi connectivity index (χ0) is 10.2. The summed E-state index contributed by atoms with van der Waals surface area (Å²) >= 11 is 1.99. The quantitative estimate of drug-likeness (QED) is 0.699. The van der Waals surface area contributed by atoms with Gasteiger partial charge in [-0.25, -0.2) is 4.98 Å². The van der Waals surface area contributed by atoms with Gasteiger partial charge in [0, 0.05) is 19.2 Å². The molecule has 1 heterocycles. The van der Waals surface area contributed by atoms with Crippen molar-refractivity contribution in [3.8, 4) is 0 Å². The average Bonchev–Trinajstić information content (AvgIpc) is 2.61. The van der Waals surface area contributed by atoms with Crippen molar-refractivity contribution in [2.75, 3.05) is 18.1 Å². The van der Waals surface area contributed by atoms with E-state index < -0.39 is 0 Å². The number of aromatic nitrogens is 2. The summed E-state index contributed by atoms with van der Waals surface area (Å²) in [5.41, 5.74) is 6.56. The summed E-state index contributed by atoms with van der Waals surface area (Å²) < 4.78 is 2.15. The standard InChI is InChI=1S/C10H19N3S/c1-2-14-7-3-6-13-8-10(4-5-11)12-9-13/h8-9H,2-7,11H2,1H3. The van der Waals surface area contributed by atoms with Crippen LogP contribution in [0.4, 0.5) is 0 Å². The largest absolute Gasteiger partial charge is 0.337 e. The number of nitrogens with zero attached hydrogens (tertiary/aromatic N) is 2. The number of hydrogen-bond acceptors (Lipinski definition) is 3. The number of hydrogen-bond donors (Lipinski definition) is 1. The van der Waals surface area contributed by atoms with Gasteiger partial charge >= 0.3 is 0 Å². The highest BCUT2D eigenvalue weighted by atomic mass is 32.2. The van der Waals surface area contributed by atoms with Crippen LogP contribution in [0.1, 0.15) is 19.0 Å². The van der Waals surface area contributed by atoms with E-state index in [1.165, 1.54) is 17.9 Å². The average molecular weight is 213 g/mol. The molecular weight excluding hydrogens is 194 g/mol. The van der Waals surface area contributed by atoms with E-state index >= 15 is 0 Å². The van der Waals surface area contributed by atoms with E-state index in [1.54, 1.807) is 0 Å². The van der Waals surface area contributed by atoms with Crippen LogP contribution in [0.25, 0.3) is 0 Å². The molecule has 0 atom stereocenters. The minimum atomic E-state index is 0.683. The maximum absolute atomic E-state index is 5.46. The number of thioether (sulfide) groups is 1. The third-order valence-corrected chi connectivity index (χ3v) is 2.98. The lowest BCUT2D eigenvalue weighted by Crippen LogP contribution is -2.02. The molecule has 14 heavy (non-hydrogen) atoms. The summed E-state index contributed by atoms with van der Waals surface area (Å²) in [5.74, 6) is 2.45. The lowest BCUT2D eigenvalue weighted by molar-refractivity contribution is 0.682. The Kier molecular flexibility index (Phi) is 5.71. The van der Waals surface area contributed by atoms with Gasteiger partial charge in [0.2, 0.25) is 0 Å². The van der Waals surface area contributed by atoms with Crippen molar-refractivity contribution < 1.29 is 0 Å². The second kappa shape index (κ2) is 6.90. The van der Waals surface area contributed by atoms with E-state index in [1.807, 2.05) is 18.1 Å². The molecule has 0 fully saturated rings. The van der Waals surface area contributed by atoms with Crippen molar-refractivity contribution in [3.63, 3.8) is 0 Å².